The van der Waals surface area contributed by atoms with Gasteiger partial charge in [0.15, 0.2) is 0 Å². The topological polar surface area (TPSA) is 104 Å². The standard InChI is InChI=1S/C12H13N3O4S/c1-18-11-7-9(14-12(15-11)19-2)8-5-3-4-6-10(8)20(13,16)17/h3-7H,1-2H3,(H2,13,16,17). The van der Waals surface area contributed by atoms with Crippen LogP contribution in [0.25, 0.3) is 11.3 Å². The Bertz CT molecular complexity index is 709. The highest BCUT2D eigenvalue weighted by Gasteiger charge is 2.17. The Morgan fingerprint density at radius 2 is 1.80 bits per heavy atom. The highest BCUT2D eigenvalue weighted by molar-refractivity contribution is 7.89. The molecule has 0 atom stereocenters. The van der Waals surface area contributed by atoms with Crippen molar-refractivity contribution in [1.29, 1.82) is 0 Å². The Kier molecular flexibility index (Phi) is 3.86. The van der Waals surface area contributed by atoms with Crippen LogP contribution in [0.4, 0.5) is 0 Å². The third-order valence-electron chi connectivity index (χ3n) is 2.54. The number of hydrogen-bond donors (Lipinski definition) is 1. The highest BCUT2D eigenvalue weighted by Crippen LogP contribution is 2.28. The fourth-order valence-corrected chi connectivity index (χ4v) is 2.41. The van der Waals surface area contributed by atoms with Crippen LogP contribution in [0.1, 0.15) is 0 Å². The van der Waals surface area contributed by atoms with Gasteiger partial charge in [0, 0.05) is 11.6 Å². The minimum absolute atomic E-state index is 0.0252. The summed E-state index contributed by atoms with van der Waals surface area (Å²) in [5.41, 5.74) is 0.701. The molecule has 1 aromatic carbocycles. The van der Waals surface area contributed by atoms with Crippen molar-refractivity contribution in [2.75, 3.05) is 14.2 Å². The number of primary sulfonamides is 1. The summed E-state index contributed by atoms with van der Waals surface area (Å²) in [5.74, 6) is 0.260. The molecule has 0 saturated heterocycles. The molecule has 1 heterocycles. The summed E-state index contributed by atoms with van der Waals surface area (Å²) in [6.45, 7) is 0. The first-order chi connectivity index (χ1) is 9.45. The number of methoxy groups -OCH3 is 2. The maximum absolute atomic E-state index is 11.6. The zero-order valence-electron chi connectivity index (χ0n) is 10.9. The van der Waals surface area contributed by atoms with Crippen LogP contribution in [0.3, 0.4) is 0 Å². The molecule has 20 heavy (non-hydrogen) atoms. The van der Waals surface area contributed by atoms with E-state index in [9.17, 15) is 8.42 Å². The molecule has 7 nitrogen and oxygen atoms in total. The average molecular weight is 295 g/mol. The van der Waals surface area contributed by atoms with Gasteiger partial charge in [0.25, 0.3) is 0 Å². The first-order valence-electron chi connectivity index (χ1n) is 5.55. The van der Waals surface area contributed by atoms with E-state index in [-0.39, 0.29) is 16.8 Å². The van der Waals surface area contributed by atoms with Crippen molar-refractivity contribution in [1.82, 2.24) is 9.97 Å². The van der Waals surface area contributed by atoms with Gasteiger partial charge in [-0.05, 0) is 6.07 Å². The van der Waals surface area contributed by atoms with Crippen LogP contribution in [0.2, 0.25) is 0 Å². The lowest BCUT2D eigenvalue weighted by Gasteiger charge is -2.09. The highest BCUT2D eigenvalue weighted by atomic mass is 32.2. The molecule has 0 aliphatic heterocycles. The molecule has 0 radical (unpaired) electrons. The lowest BCUT2D eigenvalue weighted by molar-refractivity contribution is 0.352. The molecule has 0 unspecified atom stereocenters. The van der Waals surface area contributed by atoms with Crippen molar-refractivity contribution in [3.63, 3.8) is 0 Å². The summed E-state index contributed by atoms with van der Waals surface area (Å²) in [6.07, 6.45) is 0. The summed E-state index contributed by atoms with van der Waals surface area (Å²) in [4.78, 5) is 8.04. The number of hydrogen-bond acceptors (Lipinski definition) is 6. The molecular formula is C12H13N3O4S. The van der Waals surface area contributed by atoms with Gasteiger partial charge in [0.1, 0.15) is 0 Å². The molecule has 2 N–H and O–H groups in total. The predicted octanol–water partition coefficient (Wildman–Crippen LogP) is 0.808. The van der Waals surface area contributed by atoms with Gasteiger partial charge in [-0.15, -0.1) is 0 Å². The lowest BCUT2D eigenvalue weighted by atomic mass is 10.1. The van der Waals surface area contributed by atoms with Crippen molar-refractivity contribution in [3.05, 3.63) is 30.3 Å². The maximum Gasteiger partial charge on any atom is 0.320 e. The summed E-state index contributed by atoms with van der Waals surface area (Å²) < 4.78 is 33.2. The first-order valence-corrected chi connectivity index (χ1v) is 7.09. The minimum Gasteiger partial charge on any atom is -0.481 e. The van der Waals surface area contributed by atoms with E-state index in [2.05, 4.69) is 9.97 Å². The Hall–Kier alpha value is -2.19. The minimum atomic E-state index is -3.86. The van der Waals surface area contributed by atoms with Gasteiger partial charge in [-0.1, -0.05) is 18.2 Å². The van der Waals surface area contributed by atoms with Crippen LogP contribution < -0.4 is 14.6 Å². The van der Waals surface area contributed by atoms with Crippen LogP contribution >= 0.6 is 0 Å². The van der Waals surface area contributed by atoms with Crippen molar-refractivity contribution < 1.29 is 17.9 Å². The molecule has 0 bridgehead atoms. The molecule has 0 spiro atoms. The normalized spacial score (nSPS) is 11.2. The van der Waals surface area contributed by atoms with Crippen LogP contribution in [-0.2, 0) is 10.0 Å². The molecular weight excluding hydrogens is 282 g/mol. The average Bonchev–Trinajstić information content (AvgIpc) is 2.45. The van der Waals surface area contributed by atoms with Crippen LogP contribution in [-0.4, -0.2) is 32.6 Å². The van der Waals surface area contributed by atoms with Gasteiger partial charge in [-0.25, -0.2) is 13.6 Å². The van der Waals surface area contributed by atoms with Crippen molar-refractivity contribution in [2.45, 2.75) is 4.90 Å². The molecule has 106 valence electrons. The summed E-state index contributed by atoms with van der Waals surface area (Å²) in [5, 5.41) is 5.20. The SMILES string of the molecule is COc1cc(-c2ccccc2S(N)(=O)=O)nc(OC)n1. The van der Waals surface area contributed by atoms with Crippen LogP contribution in [0.15, 0.2) is 35.2 Å². The second kappa shape index (κ2) is 5.43. The molecule has 0 fully saturated rings. The number of aromatic nitrogens is 2. The molecule has 2 rings (SSSR count). The predicted molar refractivity (Wildman–Crippen MR) is 71.9 cm³/mol. The molecule has 0 saturated carbocycles. The zero-order valence-corrected chi connectivity index (χ0v) is 11.7. The smallest absolute Gasteiger partial charge is 0.320 e. The fourth-order valence-electron chi connectivity index (χ4n) is 1.66. The van der Waals surface area contributed by atoms with Gasteiger partial charge in [0.2, 0.25) is 15.9 Å². The number of ether oxygens (including phenoxy) is 2. The van der Waals surface area contributed by atoms with Gasteiger partial charge >= 0.3 is 6.01 Å². The van der Waals surface area contributed by atoms with E-state index < -0.39 is 10.0 Å². The largest absolute Gasteiger partial charge is 0.481 e. The molecule has 0 aliphatic rings. The maximum atomic E-state index is 11.6. The molecule has 0 amide bonds. The van der Waals surface area contributed by atoms with Gasteiger partial charge in [0.05, 0.1) is 24.8 Å². The number of nitrogens with zero attached hydrogens (tertiary/aromatic N) is 2. The third kappa shape index (κ3) is 2.86. The quantitative estimate of drug-likeness (QED) is 0.895. The second-order valence-electron chi connectivity index (χ2n) is 3.82. The Morgan fingerprint density at radius 3 is 2.40 bits per heavy atom. The van der Waals surface area contributed by atoms with E-state index in [1.54, 1.807) is 18.2 Å². The number of benzene rings is 1. The first kappa shape index (κ1) is 14.2. The molecule has 2 aromatic rings. The fraction of sp³-hybridized carbons (Fsp3) is 0.167. The van der Waals surface area contributed by atoms with E-state index in [0.717, 1.165) is 0 Å². The monoisotopic (exact) mass is 295 g/mol. The summed E-state index contributed by atoms with van der Waals surface area (Å²) in [6, 6.07) is 7.85. The molecule has 8 heteroatoms. The van der Waals surface area contributed by atoms with E-state index in [1.807, 2.05) is 0 Å². The third-order valence-corrected chi connectivity index (χ3v) is 3.51. The van der Waals surface area contributed by atoms with E-state index in [1.165, 1.54) is 26.4 Å². The Morgan fingerprint density at radius 1 is 1.10 bits per heavy atom. The molecule has 0 aliphatic carbocycles. The van der Waals surface area contributed by atoms with E-state index in [0.29, 0.717) is 11.3 Å². The van der Waals surface area contributed by atoms with Gasteiger partial charge in [-0.3, -0.25) is 0 Å². The van der Waals surface area contributed by atoms with Crippen molar-refractivity contribution in [2.24, 2.45) is 5.14 Å². The zero-order chi connectivity index (χ0) is 14.8. The summed E-state index contributed by atoms with van der Waals surface area (Å²) >= 11 is 0. The van der Waals surface area contributed by atoms with E-state index >= 15 is 0 Å². The second-order valence-corrected chi connectivity index (χ2v) is 5.35. The van der Waals surface area contributed by atoms with Gasteiger partial charge in [-0.2, -0.15) is 9.97 Å². The summed E-state index contributed by atoms with van der Waals surface area (Å²) in [7, 11) is -1.01. The van der Waals surface area contributed by atoms with E-state index in [4.69, 9.17) is 14.6 Å². The lowest BCUT2D eigenvalue weighted by Crippen LogP contribution is -2.13. The number of sulfonamides is 1. The molecule has 1 aromatic heterocycles. The number of nitrogens with two attached hydrogens (primary N) is 1. The Balaban J connectivity index is 2.69. The van der Waals surface area contributed by atoms with Crippen molar-refractivity contribution >= 4 is 10.0 Å². The van der Waals surface area contributed by atoms with Gasteiger partial charge < -0.3 is 9.47 Å². The van der Waals surface area contributed by atoms with Crippen LogP contribution in [0.5, 0.6) is 11.9 Å². The van der Waals surface area contributed by atoms with Crippen LogP contribution in [0, 0.1) is 0 Å². The van der Waals surface area contributed by atoms with Crippen molar-refractivity contribution in [3.8, 4) is 23.1 Å². The number of rotatable bonds is 4. The Labute approximate surface area is 116 Å².